The van der Waals surface area contributed by atoms with Crippen LogP contribution in [0.1, 0.15) is 0 Å². The fraction of sp³-hybridized carbons (Fsp3) is 0. The first-order chi connectivity index (χ1) is 19.3. The molecular formula is C36H20O2S. The van der Waals surface area contributed by atoms with Crippen molar-refractivity contribution in [3.63, 3.8) is 0 Å². The Hall–Kier alpha value is -4.86. The lowest BCUT2D eigenvalue weighted by molar-refractivity contribution is 0.487. The number of rotatable bonds is 2. The van der Waals surface area contributed by atoms with Gasteiger partial charge in [0, 0.05) is 37.0 Å². The Balaban J connectivity index is 1.19. The van der Waals surface area contributed by atoms with Gasteiger partial charge in [-0.15, -0.1) is 11.3 Å². The highest BCUT2D eigenvalue weighted by Gasteiger charge is 2.21. The molecule has 1 aliphatic heterocycles. The highest BCUT2D eigenvalue weighted by atomic mass is 32.1. The van der Waals surface area contributed by atoms with Crippen LogP contribution < -0.4 is 4.74 Å². The molecule has 0 bridgehead atoms. The minimum absolute atomic E-state index is 0.906. The zero-order chi connectivity index (χ0) is 25.5. The van der Waals surface area contributed by atoms with Crippen LogP contribution in [-0.2, 0) is 0 Å². The third-order valence-corrected chi connectivity index (χ3v) is 9.04. The van der Waals surface area contributed by atoms with E-state index in [1.807, 2.05) is 11.3 Å². The number of hydrogen-bond acceptors (Lipinski definition) is 3. The van der Waals surface area contributed by atoms with Gasteiger partial charge in [0.05, 0.1) is 0 Å². The summed E-state index contributed by atoms with van der Waals surface area (Å²) in [6.07, 6.45) is 0. The number of hydrogen-bond donors (Lipinski definition) is 0. The Morgan fingerprint density at radius 2 is 1.23 bits per heavy atom. The van der Waals surface area contributed by atoms with Gasteiger partial charge in [0.15, 0.2) is 0 Å². The third kappa shape index (κ3) is 3.08. The van der Waals surface area contributed by atoms with Crippen LogP contribution in [0.2, 0.25) is 0 Å². The predicted octanol–water partition coefficient (Wildman–Crippen LogP) is 11.1. The molecule has 0 saturated carbocycles. The van der Waals surface area contributed by atoms with Crippen molar-refractivity contribution in [2.45, 2.75) is 0 Å². The first-order valence-electron chi connectivity index (χ1n) is 13.1. The molecule has 0 fully saturated rings. The number of thiophene rings is 1. The van der Waals surface area contributed by atoms with Gasteiger partial charge in [-0.1, -0.05) is 66.7 Å². The molecule has 0 spiro atoms. The Labute approximate surface area is 228 Å². The van der Waals surface area contributed by atoms with Crippen LogP contribution in [0.4, 0.5) is 0 Å². The lowest BCUT2D eigenvalue weighted by atomic mass is 9.93. The molecule has 8 aromatic rings. The fourth-order valence-electron chi connectivity index (χ4n) is 6.07. The molecule has 3 heterocycles. The number of furan rings is 1. The summed E-state index contributed by atoms with van der Waals surface area (Å²) in [6, 6.07) is 43.0. The van der Waals surface area contributed by atoms with Crippen LogP contribution in [0.25, 0.3) is 75.5 Å². The predicted molar refractivity (Wildman–Crippen MR) is 163 cm³/mol. The normalized spacial score (nSPS) is 12.3. The number of ether oxygens (including phenoxy) is 1. The van der Waals surface area contributed by atoms with E-state index in [1.54, 1.807) is 0 Å². The second kappa shape index (κ2) is 7.83. The van der Waals surface area contributed by atoms with Gasteiger partial charge in [-0.3, -0.25) is 0 Å². The summed E-state index contributed by atoms with van der Waals surface area (Å²) in [6.45, 7) is 0. The highest BCUT2D eigenvalue weighted by molar-refractivity contribution is 7.19. The van der Waals surface area contributed by atoms with E-state index in [9.17, 15) is 0 Å². The maximum atomic E-state index is 6.32. The smallest absolute Gasteiger partial charge is 0.136 e. The summed E-state index contributed by atoms with van der Waals surface area (Å²) >= 11 is 1.82. The van der Waals surface area contributed by atoms with Gasteiger partial charge in [-0.05, 0) is 81.9 Å². The van der Waals surface area contributed by atoms with Gasteiger partial charge in [0.1, 0.15) is 22.7 Å². The number of fused-ring (bicyclic) bond motifs is 6. The van der Waals surface area contributed by atoms with Crippen molar-refractivity contribution in [1.29, 1.82) is 0 Å². The minimum atomic E-state index is 0.906. The van der Waals surface area contributed by atoms with Crippen molar-refractivity contribution in [2.24, 2.45) is 0 Å². The molecule has 182 valence electrons. The zero-order valence-corrected chi connectivity index (χ0v) is 21.6. The van der Waals surface area contributed by atoms with Gasteiger partial charge in [-0.25, -0.2) is 0 Å². The molecule has 0 saturated heterocycles. The Kier molecular flexibility index (Phi) is 4.24. The van der Waals surface area contributed by atoms with Crippen LogP contribution in [-0.4, -0.2) is 0 Å². The molecule has 2 nitrogen and oxygen atoms in total. The van der Waals surface area contributed by atoms with Crippen LogP contribution in [0.5, 0.6) is 11.5 Å². The van der Waals surface area contributed by atoms with E-state index in [2.05, 4.69) is 121 Å². The molecule has 0 amide bonds. The van der Waals surface area contributed by atoms with Crippen molar-refractivity contribution < 1.29 is 9.15 Å². The van der Waals surface area contributed by atoms with E-state index in [1.165, 1.54) is 53.4 Å². The van der Waals surface area contributed by atoms with Crippen LogP contribution in [0, 0.1) is 0 Å². The van der Waals surface area contributed by atoms with Gasteiger partial charge >= 0.3 is 0 Å². The molecule has 0 radical (unpaired) electrons. The summed E-state index contributed by atoms with van der Waals surface area (Å²) in [5.74, 6) is 1.83. The summed E-state index contributed by atoms with van der Waals surface area (Å²) in [7, 11) is 0. The van der Waals surface area contributed by atoms with E-state index in [0.29, 0.717) is 0 Å². The summed E-state index contributed by atoms with van der Waals surface area (Å²) in [4.78, 5) is 2.46. The van der Waals surface area contributed by atoms with Gasteiger partial charge in [0.2, 0.25) is 0 Å². The van der Waals surface area contributed by atoms with Crippen LogP contribution >= 0.6 is 11.3 Å². The van der Waals surface area contributed by atoms with Gasteiger partial charge < -0.3 is 9.15 Å². The Morgan fingerprint density at radius 1 is 0.462 bits per heavy atom. The first kappa shape index (κ1) is 21.1. The molecule has 9 rings (SSSR count). The van der Waals surface area contributed by atoms with Crippen LogP contribution in [0.15, 0.2) is 126 Å². The average molecular weight is 517 g/mol. The summed E-state index contributed by atoms with van der Waals surface area (Å²) in [5.41, 5.74) is 6.62. The largest absolute Gasteiger partial charge is 0.456 e. The maximum absolute atomic E-state index is 6.32. The second-order valence-electron chi connectivity index (χ2n) is 10.1. The van der Waals surface area contributed by atoms with Crippen molar-refractivity contribution in [3.05, 3.63) is 121 Å². The van der Waals surface area contributed by atoms with E-state index >= 15 is 0 Å². The lowest BCUT2D eigenvalue weighted by Gasteiger charge is -2.21. The lowest BCUT2D eigenvalue weighted by Crippen LogP contribution is -1.97. The average Bonchev–Trinajstić information content (AvgIpc) is 3.61. The maximum Gasteiger partial charge on any atom is 0.136 e. The monoisotopic (exact) mass is 516 g/mol. The Bertz CT molecular complexity index is 2260. The molecule has 0 atom stereocenters. The van der Waals surface area contributed by atoms with E-state index < -0.39 is 0 Å². The van der Waals surface area contributed by atoms with E-state index in [4.69, 9.17) is 9.15 Å². The van der Waals surface area contributed by atoms with Crippen molar-refractivity contribution >= 4 is 54.8 Å². The number of benzene rings is 6. The molecular weight excluding hydrogens is 496 g/mol. The first-order valence-corrected chi connectivity index (χ1v) is 13.9. The molecule has 2 aromatic heterocycles. The molecule has 6 aromatic carbocycles. The summed E-state index contributed by atoms with van der Waals surface area (Å²) in [5, 5.41) is 7.14. The highest BCUT2D eigenvalue weighted by Crippen LogP contribution is 2.48. The third-order valence-electron chi connectivity index (χ3n) is 7.88. The zero-order valence-electron chi connectivity index (χ0n) is 20.8. The topological polar surface area (TPSA) is 22.4 Å². The molecule has 0 aliphatic carbocycles. The molecule has 0 N–H and O–H groups in total. The molecule has 0 unspecified atom stereocenters. The van der Waals surface area contributed by atoms with Gasteiger partial charge in [0.25, 0.3) is 0 Å². The van der Waals surface area contributed by atoms with E-state index in [0.717, 1.165) is 33.6 Å². The SMILES string of the molecule is c1ccc2cc3c(cc2c1)oc1cccc(-c2ccc(-c4ccc5c(c4)-c4cccc6cccc(c46)O5)s2)c13. The fourth-order valence-corrected chi connectivity index (χ4v) is 7.11. The molecule has 39 heavy (non-hydrogen) atoms. The van der Waals surface area contributed by atoms with Crippen LogP contribution in [0.3, 0.4) is 0 Å². The van der Waals surface area contributed by atoms with E-state index in [-0.39, 0.29) is 0 Å². The molecule has 1 aliphatic rings. The molecule has 3 heteroatoms. The summed E-state index contributed by atoms with van der Waals surface area (Å²) < 4.78 is 12.6. The Morgan fingerprint density at radius 3 is 2.15 bits per heavy atom. The minimum Gasteiger partial charge on any atom is -0.456 e. The van der Waals surface area contributed by atoms with Crippen molar-refractivity contribution in [3.8, 4) is 43.5 Å². The second-order valence-corrected chi connectivity index (χ2v) is 11.2. The van der Waals surface area contributed by atoms with Crippen molar-refractivity contribution in [2.75, 3.05) is 0 Å². The van der Waals surface area contributed by atoms with Crippen molar-refractivity contribution in [1.82, 2.24) is 0 Å². The van der Waals surface area contributed by atoms with Gasteiger partial charge in [-0.2, -0.15) is 0 Å². The quantitative estimate of drug-likeness (QED) is 0.228. The standard InChI is InChI=1S/C36H20O2S/c1-2-7-23-20-32-28(18-22(23)6-1)36-26(11-5-13-31(36)38-32)34-17-16-33(39-34)24-14-15-29-27(19-24)25-10-3-8-21-9-4-12-30(37-29)35(21)25/h1-20H.